The zero-order valence-electron chi connectivity index (χ0n) is 18.2. The van der Waals surface area contributed by atoms with Gasteiger partial charge in [-0.15, -0.1) is 0 Å². The van der Waals surface area contributed by atoms with Gasteiger partial charge in [0.2, 0.25) is 17.6 Å². The summed E-state index contributed by atoms with van der Waals surface area (Å²) in [4.78, 5) is 24.1. The van der Waals surface area contributed by atoms with Crippen molar-refractivity contribution in [3.8, 4) is 0 Å². The van der Waals surface area contributed by atoms with E-state index in [2.05, 4.69) is 10.5 Å². The van der Waals surface area contributed by atoms with Crippen molar-refractivity contribution in [2.75, 3.05) is 11.9 Å². The van der Waals surface area contributed by atoms with E-state index in [0.29, 0.717) is 17.7 Å². The summed E-state index contributed by atoms with van der Waals surface area (Å²) < 4.78 is 64.1. The Labute approximate surface area is 187 Å². The van der Waals surface area contributed by atoms with Crippen LogP contribution in [0.15, 0.2) is 46.7 Å². The molecule has 1 amide bonds. The molecule has 6 nitrogen and oxygen atoms in total. The van der Waals surface area contributed by atoms with Gasteiger partial charge in [-0.05, 0) is 49.6 Å². The Morgan fingerprint density at radius 2 is 1.97 bits per heavy atom. The van der Waals surface area contributed by atoms with Gasteiger partial charge in [0.05, 0.1) is 13.0 Å². The van der Waals surface area contributed by atoms with Crippen LogP contribution in [-0.2, 0) is 26.2 Å². The SMILES string of the molecule is CCOC1=CC(c2ccc(CC(=O)Nc3cc(C(C)(C)C(F)(F)F)no3)c(F)c2)=CCC1=O. The minimum Gasteiger partial charge on any atom is -0.490 e. The van der Waals surface area contributed by atoms with Crippen LogP contribution in [0.1, 0.15) is 44.0 Å². The third-order valence-electron chi connectivity index (χ3n) is 5.23. The number of carbonyl (C=O) groups is 2. The lowest BCUT2D eigenvalue weighted by Crippen LogP contribution is -2.36. The van der Waals surface area contributed by atoms with E-state index < -0.39 is 23.3 Å². The van der Waals surface area contributed by atoms with Gasteiger partial charge < -0.3 is 9.26 Å². The fourth-order valence-corrected chi connectivity index (χ4v) is 3.06. The lowest BCUT2D eigenvalue weighted by Gasteiger charge is -2.24. The largest absolute Gasteiger partial charge is 0.490 e. The van der Waals surface area contributed by atoms with E-state index in [1.807, 2.05) is 0 Å². The molecule has 0 spiro atoms. The fraction of sp³-hybridized carbons (Fsp3) is 0.348. The molecule has 0 saturated carbocycles. The number of anilines is 1. The molecule has 1 aliphatic rings. The topological polar surface area (TPSA) is 81.4 Å². The maximum absolute atomic E-state index is 14.6. The fourth-order valence-electron chi connectivity index (χ4n) is 3.06. The summed E-state index contributed by atoms with van der Waals surface area (Å²) in [5.74, 6) is -1.56. The van der Waals surface area contributed by atoms with Crippen LogP contribution in [0.4, 0.5) is 23.4 Å². The standard InChI is InChI=1S/C23H22F4N2O4/c1-4-32-18-10-14(7-8-17(18)30)13-5-6-15(16(24)9-13)11-20(31)28-21-12-19(29-33-21)22(2,3)23(25,26)27/h5-7,9-10,12H,4,8,11H2,1-3H3,(H,28,31). The summed E-state index contributed by atoms with van der Waals surface area (Å²) >= 11 is 0. The molecule has 0 atom stereocenters. The number of Topliss-reactive ketones (excluding diaryl/α,β-unsaturated/α-hetero) is 1. The Morgan fingerprint density at radius 3 is 2.61 bits per heavy atom. The Kier molecular flexibility index (Phi) is 6.76. The molecule has 0 unspecified atom stereocenters. The van der Waals surface area contributed by atoms with Gasteiger partial charge in [-0.3, -0.25) is 14.9 Å². The maximum atomic E-state index is 14.6. The lowest BCUT2D eigenvalue weighted by molar-refractivity contribution is -0.181. The number of ether oxygens (including phenoxy) is 1. The van der Waals surface area contributed by atoms with Crippen molar-refractivity contribution >= 4 is 23.1 Å². The van der Waals surface area contributed by atoms with Crippen molar-refractivity contribution in [2.45, 2.75) is 45.2 Å². The van der Waals surface area contributed by atoms with Gasteiger partial charge in [-0.25, -0.2) is 4.39 Å². The van der Waals surface area contributed by atoms with Crippen molar-refractivity contribution in [2.24, 2.45) is 0 Å². The molecule has 33 heavy (non-hydrogen) atoms. The highest BCUT2D eigenvalue weighted by Crippen LogP contribution is 2.40. The normalized spacial score (nSPS) is 14.6. The first-order valence-corrected chi connectivity index (χ1v) is 10.1. The van der Waals surface area contributed by atoms with Gasteiger partial charge >= 0.3 is 6.18 Å². The number of allylic oxidation sites excluding steroid dienone is 4. The van der Waals surface area contributed by atoms with Crippen LogP contribution in [0.3, 0.4) is 0 Å². The van der Waals surface area contributed by atoms with E-state index in [4.69, 9.17) is 9.26 Å². The Morgan fingerprint density at radius 1 is 1.24 bits per heavy atom. The van der Waals surface area contributed by atoms with Crippen LogP contribution < -0.4 is 5.32 Å². The minimum atomic E-state index is -4.56. The monoisotopic (exact) mass is 466 g/mol. The van der Waals surface area contributed by atoms with Crippen molar-refractivity contribution in [1.82, 2.24) is 5.16 Å². The third kappa shape index (κ3) is 5.32. The van der Waals surface area contributed by atoms with Crippen LogP contribution in [0.5, 0.6) is 0 Å². The molecule has 1 N–H and O–H groups in total. The average Bonchev–Trinajstić information content (AvgIpc) is 3.19. The second-order valence-corrected chi connectivity index (χ2v) is 7.96. The minimum absolute atomic E-state index is 0.0770. The van der Waals surface area contributed by atoms with E-state index in [1.165, 1.54) is 12.1 Å². The van der Waals surface area contributed by atoms with Crippen LogP contribution in [0.25, 0.3) is 5.57 Å². The lowest BCUT2D eigenvalue weighted by atomic mass is 9.89. The highest BCUT2D eigenvalue weighted by molar-refractivity contribution is 6.01. The number of hydrogen-bond donors (Lipinski definition) is 1. The molecule has 1 aliphatic carbocycles. The van der Waals surface area contributed by atoms with Gasteiger partial charge in [0, 0.05) is 12.5 Å². The molecule has 3 rings (SSSR count). The first kappa shape index (κ1) is 24.2. The number of hydrogen-bond acceptors (Lipinski definition) is 5. The quantitative estimate of drug-likeness (QED) is 0.574. The number of ketones is 1. The first-order valence-electron chi connectivity index (χ1n) is 10.1. The Bertz CT molecular complexity index is 1130. The predicted molar refractivity (Wildman–Crippen MR) is 112 cm³/mol. The molecule has 0 bridgehead atoms. The first-order chi connectivity index (χ1) is 15.4. The third-order valence-corrected chi connectivity index (χ3v) is 5.23. The molecule has 0 aliphatic heterocycles. The zero-order chi connectivity index (χ0) is 24.4. The number of amides is 1. The molecule has 2 aromatic rings. The number of carbonyl (C=O) groups excluding carboxylic acids is 2. The van der Waals surface area contributed by atoms with Gasteiger partial charge in [-0.2, -0.15) is 13.2 Å². The van der Waals surface area contributed by atoms with Crippen molar-refractivity contribution in [1.29, 1.82) is 0 Å². The zero-order valence-corrected chi connectivity index (χ0v) is 18.2. The second kappa shape index (κ2) is 9.21. The second-order valence-electron chi connectivity index (χ2n) is 7.96. The van der Waals surface area contributed by atoms with E-state index >= 15 is 0 Å². The van der Waals surface area contributed by atoms with E-state index in [-0.39, 0.29) is 41.5 Å². The molecule has 10 heteroatoms. The van der Waals surface area contributed by atoms with E-state index in [0.717, 1.165) is 19.9 Å². The molecular weight excluding hydrogens is 444 g/mol. The van der Waals surface area contributed by atoms with Crippen molar-refractivity contribution in [3.05, 3.63) is 64.8 Å². The van der Waals surface area contributed by atoms with Crippen LogP contribution in [-0.4, -0.2) is 29.6 Å². The molecule has 0 saturated heterocycles. The smallest absolute Gasteiger partial charge is 0.399 e. The highest BCUT2D eigenvalue weighted by atomic mass is 19.4. The highest BCUT2D eigenvalue weighted by Gasteiger charge is 2.50. The van der Waals surface area contributed by atoms with Crippen LogP contribution in [0.2, 0.25) is 0 Å². The molecule has 1 aromatic heterocycles. The molecular formula is C23H22F4N2O4. The number of nitrogens with one attached hydrogen (secondary N) is 1. The number of aromatic nitrogens is 1. The summed E-state index contributed by atoms with van der Waals surface area (Å²) in [7, 11) is 0. The summed E-state index contributed by atoms with van der Waals surface area (Å²) in [6.45, 7) is 3.96. The number of rotatable bonds is 7. The number of benzene rings is 1. The number of halogens is 4. The summed E-state index contributed by atoms with van der Waals surface area (Å²) in [5, 5.41) is 5.68. The average molecular weight is 466 g/mol. The van der Waals surface area contributed by atoms with Crippen LogP contribution in [0, 0.1) is 5.82 Å². The summed E-state index contributed by atoms with van der Waals surface area (Å²) in [6.07, 6.45) is -1.59. The van der Waals surface area contributed by atoms with Gasteiger partial charge in [0.15, 0.2) is 5.76 Å². The Balaban J connectivity index is 1.69. The van der Waals surface area contributed by atoms with Crippen LogP contribution >= 0.6 is 0 Å². The van der Waals surface area contributed by atoms with Crippen molar-refractivity contribution < 1.29 is 36.4 Å². The van der Waals surface area contributed by atoms with Crippen molar-refractivity contribution in [3.63, 3.8) is 0 Å². The molecule has 1 aromatic carbocycles. The molecule has 0 fully saturated rings. The summed E-state index contributed by atoms with van der Waals surface area (Å²) in [6, 6.07) is 5.26. The number of nitrogens with zero attached hydrogens (tertiary/aromatic N) is 1. The van der Waals surface area contributed by atoms with E-state index in [1.54, 1.807) is 25.1 Å². The number of alkyl halides is 3. The summed E-state index contributed by atoms with van der Waals surface area (Å²) in [5.41, 5.74) is -1.45. The van der Waals surface area contributed by atoms with Gasteiger partial charge in [0.25, 0.3) is 0 Å². The van der Waals surface area contributed by atoms with Gasteiger partial charge in [0.1, 0.15) is 16.9 Å². The molecule has 176 valence electrons. The van der Waals surface area contributed by atoms with E-state index in [9.17, 15) is 27.2 Å². The van der Waals surface area contributed by atoms with Gasteiger partial charge in [-0.1, -0.05) is 23.4 Å². The Hall–Kier alpha value is -3.43. The predicted octanol–water partition coefficient (Wildman–Crippen LogP) is 5.11. The molecule has 1 heterocycles. The maximum Gasteiger partial charge on any atom is 0.399 e. The molecule has 0 radical (unpaired) electrons.